The van der Waals surface area contributed by atoms with Gasteiger partial charge in [0.15, 0.2) is 0 Å². The Kier molecular flexibility index (Phi) is 2.75. The van der Waals surface area contributed by atoms with E-state index in [0.29, 0.717) is 0 Å². The molecule has 0 saturated heterocycles. The fraction of sp³-hybridized carbons (Fsp3) is 0.188. The van der Waals surface area contributed by atoms with Crippen molar-refractivity contribution in [1.82, 2.24) is 9.55 Å². The van der Waals surface area contributed by atoms with Gasteiger partial charge in [-0.3, -0.25) is 0 Å². The average molecular weight is 251 g/mol. The Morgan fingerprint density at radius 2 is 1.68 bits per heavy atom. The molecule has 1 heterocycles. The third-order valence-electron chi connectivity index (χ3n) is 3.54. The quantitative estimate of drug-likeness (QED) is 0.693. The van der Waals surface area contributed by atoms with Gasteiger partial charge in [0.05, 0.1) is 11.0 Å². The molecule has 0 saturated carbocycles. The van der Waals surface area contributed by atoms with Crippen molar-refractivity contribution in [2.75, 3.05) is 11.9 Å². The molecule has 3 aromatic rings. The average Bonchev–Trinajstić information content (AvgIpc) is 2.77. The molecule has 0 unspecified atom stereocenters. The number of aromatic nitrogens is 2. The van der Waals surface area contributed by atoms with Crippen molar-refractivity contribution in [3.05, 3.63) is 54.1 Å². The molecule has 96 valence electrons. The van der Waals surface area contributed by atoms with Gasteiger partial charge in [0.1, 0.15) is 0 Å². The van der Waals surface area contributed by atoms with E-state index in [1.54, 1.807) is 0 Å². The molecular formula is C16H17N3. The van der Waals surface area contributed by atoms with Crippen molar-refractivity contribution in [3.8, 4) is 0 Å². The molecule has 0 spiro atoms. The summed E-state index contributed by atoms with van der Waals surface area (Å²) in [4.78, 5) is 6.85. The van der Waals surface area contributed by atoms with Crippen molar-refractivity contribution in [1.29, 1.82) is 0 Å². The lowest BCUT2D eigenvalue weighted by Crippen LogP contribution is -2.15. The molecule has 0 atom stereocenters. The number of imidazole rings is 1. The summed E-state index contributed by atoms with van der Waals surface area (Å²) in [6.07, 6.45) is 0. The number of hydrogen-bond acceptors (Lipinski definition) is 2. The van der Waals surface area contributed by atoms with Crippen molar-refractivity contribution < 1.29 is 0 Å². The van der Waals surface area contributed by atoms with E-state index in [1.807, 2.05) is 18.2 Å². The van der Waals surface area contributed by atoms with E-state index in [9.17, 15) is 0 Å². The molecule has 2 aromatic carbocycles. The van der Waals surface area contributed by atoms with Crippen LogP contribution in [0.3, 0.4) is 0 Å². The van der Waals surface area contributed by atoms with Crippen molar-refractivity contribution in [3.63, 3.8) is 0 Å². The van der Waals surface area contributed by atoms with Gasteiger partial charge in [0.2, 0.25) is 5.95 Å². The van der Waals surface area contributed by atoms with E-state index in [2.05, 4.69) is 60.8 Å². The molecule has 3 nitrogen and oxygen atoms in total. The predicted molar refractivity (Wildman–Crippen MR) is 80.0 cm³/mol. The Hall–Kier alpha value is -2.29. The minimum atomic E-state index is 0.954. The number of nitrogens with zero attached hydrogens (tertiary/aromatic N) is 3. The maximum absolute atomic E-state index is 4.72. The SMILES string of the molecule is Cc1ccccc1N(C)c1nc2ccccc2n1C. The van der Waals surface area contributed by atoms with Crippen molar-refractivity contribution in [2.24, 2.45) is 7.05 Å². The van der Waals surface area contributed by atoms with Gasteiger partial charge in [-0.15, -0.1) is 0 Å². The lowest BCUT2D eigenvalue weighted by Gasteiger charge is -2.20. The second kappa shape index (κ2) is 4.43. The number of anilines is 2. The number of benzene rings is 2. The van der Waals surface area contributed by atoms with Crippen LogP contribution in [0, 0.1) is 6.92 Å². The molecular weight excluding hydrogens is 234 g/mol. The van der Waals surface area contributed by atoms with Crippen LogP contribution >= 0.6 is 0 Å². The fourth-order valence-electron chi connectivity index (χ4n) is 2.48. The maximum atomic E-state index is 4.72. The molecule has 0 aliphatic rings. The summed E-state index contributed by atoms with van der Waals surface area (Å²) in [5, 5.41) is 0. The molecule has 19 heavy (non-hydrogen) atoms. The van der Waals surface area contributed by atoms with Gasteiger partial charge >= 0.3 is 0 Å². The van der Waals surface area contributed by atoms with Crippen LogP contribution in [-0.2, 0) is 7.05 Å². The zero-order valence-corrected chi connectivity index (χ0v) is 11.5. The number of hydrogen-bond donors (Lipinski definition) is 0. The second-order valence-electron chi connectivity index (χ2n) is 4.81. The largest absolute Gasteiger partial charge is 0.315 e. The van der Waals surface area contributed by atoms with Gasteiger partial charge in [-0.2, -0.15) is 0 Å². The summed E-state index contributed by atoms with van der Waals surface area (Å²) in [6, 6.07) is 16.6. The van der Waals surface area contributed by atoms with Crippen LogP contribution in [0.5, 0.6) is 0 Å². The predicted octanol–water partition coefficient (Wildman–Crippen LogP) is 3.65. The summed E-state index contributed by atoms with van der Waals surface area (Å²) < 4.78 is 2.13. The Balaban J connectivity index is 2.14. The summed E-state index contributed by atoms with van der Waals surface area (Å²) >= 11 is 0. The zero-order valence-electron chi connectivity index (χ0n) is 11.5. The van der Waals surface area contributed by atoms with Gasteiger partial charge in [-0.25, -0.2) is 4.98 Å². The molecule has 0 aliphatic heterocycles. The first-order valence-electron chi connectivity index (χ1n) is 6.39. The number of rotatable bonds is 2. The van der Waals surface area contributed by atoms with E-state index in [0.717, 1.165) is 17.0 Å². The highest BCUT2D eigenvalue weighted by molar-refractivity contribution is 5.80. The number of aryl methyl sites for hydroxylation is 2. The van der Waals surface area contributed by atoms with Crippen LogP contribution in [-0.4, -0.2) is 16.6 Å². The van der Waals surface area contributed by atoms with E-state index in [-0.39, 0.29) is 0 Å². The van der Waals surface area contributed by atoms with Crippen molar-refractivity contribution in [2.45, 2.75) is 6.92 Å². The van der Waals surface area contributed by atoms with Crippen LogP contribution in [0.25, 0.3) is 11.0 Å². The first-order chi connectivity index (χ1) is 9.18. The molecule has 1 aromatic heterocycles. The molecule has 3 heteroatoms. The van der Waals surface area contributed by atoms with Crippen LogP contribution in [0.1, 0.15) is 5.56 Å². The third-order valence-corrected chi connectivity index (χ3v) is 3.54. The van der Waals surface area contributed by atoms with E-state index in [1.165, 1.54) is 11.3 Å². The highest BCUT2D eigenvalue weighted by Gasteiger charge is 2.13. The summed E-state index contributed by atoms with van der Waals surface area (Å²) in [5.41, 5.74) is 4.61. The molecule has 3 rings (SSSR count). The molecule has 0 radical (unpaired) electrons. The Morgan fingerprint density at radius 1 is 1.00 bits per heavy atom. The standard InChI is InChI=1S/C16H17N3/c1-12-8-4-6-10-14(12)18(2)16-17-13-9-5-7-11-15(13)19(16)3/h4-11H,1-3H3. The van der Waals surface area contributed by atoms with Gasteiger partial charge < -0.3 is 9.47 Å². The highest BCUT2D eigenvalue weighted by atomic mass is 15.3. The Bertz CT molecular complexity index is 728. The smallest absolute Gasteiger partial charge is 0.210 e. The maximum Gasteiger partial charge on any atom is 0.210 e. The summed E-state index contributed by atoms with van der Waals surface area (Å²) in [5.74, 6) is 0.954. The number of para-hydroxylation sites is 3. The molecule has 0 bridgehead atoms. The Morgan fingerprint density at radius 3 is 2.42 bits per heavy atom. The van der Waals surface area contributed by atoms with Gasteiger partial charge in [-0.1, -0.05) is 30.3 Å². The molecule has 0 aliphatic carbocycles. The van der Waals surface area contributed by atoms with E-state index >= 15 is 0 Å². The topological polar surface area (TPSA) is 21.1 Å². The molecule has 0 N–H and O–H groups in total. The molecule has 0 amide bonds. The fourth-order valence-corrected chi connectivity index (χ4v) is 2.48. The third kappa shape index (κ3) is 1.87. The lowest BCUT2D eigenvalue weighted by atomic mass is 10.2. The highest BCUT2D eigenvalue weighted by Crippen LogP contribution is 2.28. The number of fused-ring (bicyclic) bond motifs is 1. The zero-order chi connectivity index (χ0) is 13.4. The summed E-state index contributed by atoms with van der Waals surface area (Å²) in [7, 11) is 4.11. The van der Waals surface area contributed by atoms with Crippen LogP contribution in [0.2, 0.25) is 0 Å². The first-order valence-corrected chi connectivity index (χ1v) is 6.39. The van der Waals surface area contributed by atoms with Crippen LogP contribution in [0.15, 0.2) is 48.5 Å². The second-order valence-corrected chi connectivity index (χ2v) is 4.81. The Labute approximate surface area is 113 Å². The summed E-state index contributed by atoms with van der Waals surface area (Å²) in [6.45, 7) is 2.12. The van der Waals surface area contributed by atoms with Gasteiger partial charge in [0, 0.05) is 19.8 Å². The minimum Gasteiger partial charge on any atom is -0.315 e. The van der Waals surface area contributed by atoms with Crippen molar-refractivity contribution >= 4 is 22.7 Å². The van der Waals surface area contributed by atoms with Crippen LogP contribution in [0.4, 0.5) is 11.6 Å². The minimum absolute atomic E-state index is 0.954. The van der Waals surface area contributed by atoms with Gasteiger partial charge in [-0.05, 0) is 30.7 Å². The molecule has 0 fully saturated rings. The normalized spacial score (nSPS) is 10.9. The van der Waals surface area contributed by atoms with E-state index < -0.39 is 0 Å². The van der Waals surface area contributed by atoms with Crippen LogP contribution < -0.4 is 4.90 Å². The monoisotopic (exact) mass is 251 g/mol. The first kappa shape index (κ1) is 11.8. The van der Waals surface area contributed by atoms with Gasteiger partial charge in [0.25, 0.3) is 0 Å². The lowest BCUT2D eigenvalue weighted by molar-refractivity contribution is 0.908. The van der Waals surface area contributed by atoms with E-state index in [4.69, 9.17) is 4.98 Å².